The maximum absolute atomic E-state index is 5.58. The summed E-state index contributed by atoms with van der Waals surface area (Å²) in [6, 6.07) is 9.28. The van der Waals surface area contributed by atoms with E-state index in [1.807, 2.05) is 13.0 Å². The molecule has 0 amide bonds. The van der Waals surface area contributed by atoms with E-state index < -0.39 is 0 Å². The van der Waals surface area contributed by atoms with Crippen LogP contribution in [0.25, 0.3) is 0 Å². The molecule has 3 rings (SSSR count). The molecule has 0 atom stereocenters. The molecule has 1 saturated heterocycles. The van der Waals surface area contributed by atoms with Crippen LogP contribution in [0.15, 0.2) is 24.3 Å². The molecule has 0 spiro atoms. The van der Waals surface area contributed by atoms with E-state index in [0.29, 0.717) is 0 Å². The van der Waals surface area contributed by atoms with E-state index in [4.69, 9.17) is 4.74 Å². The minimum Gasteiger partial charge on any atom is -0.494 e. The number of nitrogens with zero attached hydrogens (tertiary/aromatic N) is 1. The van der Waals surface area contributed by atoms with E-state index in [0.717, 1.165) is 30.9 Å². The first-order chi connectivity index (χ1) is 10.3. The Balaban J connectivity index is 1.42. The van der Waals surface area contributed by atoms with Crippen molar-refractivity contribution in [2.24, 2.45) is 5.92 Å². The molecule has 2 aliphatic rings. The van der Waals surface area contributed by atoms with Crippen LogP contribution in [0.1, 0.15) is 38.2 Å². The van der Waals surface area contributed by atoms with E-state index in [1.54, 1.807) is 0 Å². The van der Waals surface area contributed by atoms with E-state index in [1.165, 1.54) is 50.9 Å². The number of ether oxygens (including phenoxy) is 1. The first-order valence-corrected chi connectivity index (χ1v) is 8.51. The Labute approximate surface area is 128 Å². The van der Waals surface area contributed by atoms with Gasteiger partial charge in [0.1, 0.15) is 5.75 Å². The van der Waals surface area contributed by atoms with E-state index in [9.17, 15) is 0 Å². The third-order valence-corrected chi connectivity index (χ3v) is 4.60. The summed E-state index contributed by atoms with van der Waals surface area (Å²) in [6.45, 7) is 7.49. The maximum atomic E-state index is 5.58. The molecule has 1 saturated carbocycles. The highest BCUT2D eigenvalue weighted by molar-refractivity contribution is 5.28. The van der Waals surface area contributed by atoms with E-state index >= 15 is 0 Å². The topological polar surface area (TPSA) is 24.5 Å². The molecule has 1 N–H and O–H groups in total. The largest absolute Gasteiger partial charge is 0.494 e. The number of benzene rings is 1. The summed E-state index contributed by atoms with van der Waals surface area (Å²) >= 11 is 0. The highest BCUT2D eigenvalue weighted by atomic mass is 16.5. The van der Waals surface area contributed by atoms with Gasteiger partial charge in [-0.05, 0) is 75.9 Å². The van der Waals surface area contributed by atoms with Crippen LogP contribution < -0.4 is 10.1 Å². The Morgan fingerprint density at radius 1 is 1.19 bits per heavy atom. The maximum Gasteiger partial charge on any atom is 0.119 e. The van der Waals surface area contributed by atoms with Crippen molar-refractivity contribution < 1.29 is 4.74 Å². The summed E-state index contributed by atoms with van der Waals surface area (Å²) in [7, 11) is 0. The highest BCUT2D eigenvalue weighted by Crippen LogP contribution is 2.28. The van der Waals surface area contributed by atoms with Crippen LogP contribution in [0, 0.1) is 5.92 Å². The molecule has 1 aliphatic carbocycles. The van der Waals surface area contributed by atoms with Crippen molar-refractivity contribution in [2.75, 3.05) is 26.2 Å². The fraction of sp³-hybridized carbons (Fsp3) is 0.667. The van der Waals surface area contributed by atoms with Gasteiger partial charge in [-0.1, -0.05) is 12.1 Å². The van der Waals surface area contributed by atoms with Gasteiger partial charge >= 0.3 is 0 Å². The van der Waals surface area contributed by atoms with Crippen LogP contribution in [0.3, 0.4) is 0 Å². The zero-order valence-electron chi connectivity index (χ0n) is 13.2. The molecule has 1 heterocycles. The van der Waals surface area contributed by atoms with Crippen LogP contribution in [-0.2, 0) is 6.54 Å². The Morgan fingerprint density at radius 2 is 2.00 bits per heavy atom. The fourth-order valence-corrected chi connectivity index (χ4v) is 3.11. The van der Waals surface area contributed by atoms with E-state index in [-0.39, 0.29) is 0 Å². The summed E-state index contributed by atoms with van der Waals surface area (Å²) in [4.78, 5) is 2.57. The standard InChI is InChI=1S/C18H28N2O/c1-2-21-18-5-3-4-16(12-18)14-20-10-8-17(9-11-20)19-13-15-6-7-15/h3-5,12,15,17,19H,2,6-11,13-14H2,1H3. The number of likely N-dealkylation sites (tertiary alicyclic amines) is 1. The number of hydrogen-bond donors (Lipinski definition) is 1. The molecular weight excluding hydrogens is 260 g/mol. The lowest BCUT2D eigenvalue weighted by molar-refractivity contribution is 0.190. The van der Waals surface area contributed by atoms with Gasteiger partial charge in [-0.3, -0.25) is 4.90 Å². The van der Waals surface area contributed by atoms with Gasteiger partial charge in [0.2, 0.25) is 0 Å². The lowest BCUT2D eigenvalue weighted by atomic mass is 10.0. The molecule has 0 aromatic heterocycles. The molecule has 1 aliphatic heterocycles. The van der Waals surface area contributed by atoms with Gasteiger partial charge in [0.05, 0.1) is 6.61 Å². The molecule has 3 nitrogen and oxygen atoms in total. The lowest BCUT2D eigenvalue weighted by Gasteiger charge is -2.32. The Morgan fingerprint density at radius 3 is 2.71 bits per heavy atom. The number of piperidine rings is 1. The third kappa shape index (κ3) is 4.72. The van der Waals surface area contributed by atoms with Crippen molar-refractivity contribution in [3.63, 3.8) is 0 Å². The zero-order valence-corrected chi connectivity index (χ0v) is 13.2. The van der Waals surface area contributed by atoms with Gasteiger partial charge in [-0.15, -0.1) is 0 Å². The molecule has 116 valence electrons. The summed E-state index contributed by atoms with van der Waals surface area (Å²) < 4.78 is 5.58. The van der Waals surface area contributed by atoms with Crippen molar-refractivity contribution in [3.8, 4) is 5.75 Å². The molecule has 1 aromatic rings. The third-order valence-electron chi connectivity index (χ3n) is 4.60. The second-order valence-electron chi connectivity index (χ2n) is 6.48. The number of hydrogen-bond acceptors (Lipinski definition) is 3. The smallest absolute Gasteiger partial charge is 0.119 e. The van der Waals surface area contributed by atoms with Crippen molar-refractivity contribution in [1.29, 1.82) is 0 Å². The number of rotatable bonds is 7. The summed E-state index contributed by atoms with van der Waals surface area (Å²) in [5.74, 6) is 1.99. The molecule has 21 heavy (non-hydrogen) atoms. The van der Waals surface area contributed by atoms with Crippen molar-refractivity contribution in [2.45, 2.75) is 45.2 Å². The normalized spacial score (nSPS) is 20.6. The Hall–Kier alpha value is -1.06. The molecule has 2 fully saturated rings. The monoisotopic (exact) mass is 288 g/mol. The minimum absolute atomic E-state index is 0.738. The molecule has 0 radical (unpaired) electrons. The summed E-state index contributed by atoms with van der Waals surface area (Å²) in [6.07, 6.45) is 5.47. The van der Waals surface area contributed by atoms with Crippen LogP contribution in [0.4, 0.5) is 0 Å². The highest BCUT2D eigenvalue weighted by Gasteiger charge is 2.24. The Bertz CT molecular complexity index is 437. The van der Waals surface area contributed by atoms with Gasteiger partial charge in [0, 0.05) is 12.6 Å². The van der Waals surface area contributed by atoms with Gasteiger partial charge in [0.25, 0.3) is 0 Å². The van der Waals surface area contributed by atoms with Gasteiger partial charge in [0.15, 0.2) is 0 Å². The predicted octanol–water partition coefficient (Wildman–Crippen LogP) is 3.05. The summed E-state index contributed by atoms with van der Waals surface area (Å²) in [5.41, 5.74) is 1.37. The van der Waals surface area contributed by atoms with Gasteiger partial charge < -0.3 is 10.1 Å². The number of nitrogens with one attached hydrogen (secondary N) is 1. The molecule has 0 bridgehead atoms. The average molecular weight is 288 g/mol. The van der Waals surface area contributed by atoms with Crippen LogP contribution in [0.5, 0.6) is 5.75 Å². The van der Waals surface area contributed by atoms with Gasteiger partial charge in [-0.2, -0.15) is 0 Å². The van der Waals surface area contributed by atoms with Crippen molar-refractivity contribution in [1.82, 2.24) is 10.2 Å². The SMILES string of the molecule is CCOc1cccc(CN2CCC(NCC3CC3)CC2)c1. The quantitative estimate of drug-likeness (QED) is 0.834. The van der Waals surface area contributed by atoms with Crippen molar-refractivity contribution in [3.05, 3.63) is 29.8 Å². The van der Waals surface area contributed by atoms with Gasteiger partial charge in [-0.25, -0.2) is 0 Å². The van der Waals surface area contributed by atoms with Crippen LogP contribution >= 0.6 is 0 Å². The molecule has 3 heteroatoms. The lowest BCUT2D eigenvalue weighted by Crippen LogP contribution is -2.42. The fourth-order valence-electron chi connectivity index (χ4n) is 3.11. The summed E-state index contributed by atoms with van der Waals surface area (Å²) in [5, 5.41) is 3.75. The first kappa shape index (κ1) is 14.9. The molecule has 0 unspecified atom stereocenters. The predicted molar refractivity (Wildman–Crippen MR) is 86.6 cm³/mol. The van der Waals surface area contributed by atoms with Crippen LogP contribution in [0.2, 0.25) is 0 Å². The average Bonchev–Trinajstić information content (AvgIpc) is 3.32. The minimum atomic E-state index is 0.738. The molecular formula is C18H28N2O. The second kappa shape index (κ2) is 7.28. The van der Waals surface area contributed by atoms with Crippen molar-refractivity contribution >= 4 is 0 Å². The Kier molecular flexibility index (Phi) is 5.15. The zero-order chi connectivity index (χ0) is 14.5. The molecule has 1 aromatic carbocycles. The first-order valence-electron chi connectivity index (χ1n) is 8.51. The van der Waals surface area contributed by atoms with Crippen LogP contribution in [-0.4, -0.2) is 37.2 Å². The van der Waals surface area contributed by atoms with E-state index in [2.05, 4.69) is 28.4 Å². The second-order valence-corrected chi connectivity index (χ2v) is 6.48.